The van der Waals surface area contributed by atoms with Crippen molar-refractivity contribution in [3.05, 3.63) is 64.3 Å². The van der Waals surface area contributed by atoms with Crippen molar-refractivity contribution in [2.45, 2.75) is 13.8 Å². The number of para-hydroxylation sites is 1. The van der Waals surface area contributed by atoms with E-state index in [1.54, 1.807) is 26.0 Å². The molecule has 2 heterocycles. The lowest BCUT2D eigenvalue weighted by molar-refractivity contribution is 0.0995. The first kappa shape index (κ1) is 16.2. The number of hydrogen-bond acceptors (Lipinski definition) is 5. The summed E-state index contributed by atoms with van der Waals surface area (Å²) in [4.78, 5) is 20.8. The van der Waals surface area contributed by atoms with Crippen LogP contribution in [0.3, 0.4) is 0 Å². The van der Waals surface area contributed by atoms with Crippen LogP contribution in [0.4, 0.5) is 5.69 Å². The van der Waals surface area contributed by atoms with Gasteiger partial charge < -0.3 is 14.5 Å². The Labute approximate surface area is 147 Å². The molecule has 3 aromatic rings. The highest BCUT2D eigenvalue weighted by Gasteiger charge is 2.16. The predicted molar refractivity (Wildman–Crippen MR) is 92.4 cm³/mol. The SMILES string of the molecule is Cc1nc(Oc2ccccc2)nc(C)c1NC(=O)c1ccc(Br)o1. The molecule has 0 saturated carbocycles. The maximum atomic E-state index is 12.2. The fourth-order valence-corrected chi connectivity index (χ4v) is 2.42. The predicted octanol–water partition coefficient (Wildman–Crippen LogP) is 4.49. The van der Waals surface area contributed by atoms with E-state index in [0.29, 0.717) is 27.5 Å². The van der Waals surface area contributed by atoms with Gasteiger partial charge in [-0.05, 0) is 54.0 Å². The number of rotatable bonds is 4. The van der Waals surface area contributed by atoms with Gasteiger partial charge in [-0.15, -0.1) is 0 Å². The quantitative estimate of drug-likeness (QED) is 0.713. The minimum absolute atomic E-state index is 0.199. The number of furan rings is 1. The monoisotopic (exact) mass is 387 g/mol. The second-order valence-electron chi connectivity index (χ2n) is 5.02. The summed E-state index contributed by atoms with van der Waals surface area (Å²) in [5.74, 6) is 0.478. The molecule has 0 fully saturated rings. The highest BCUT2D eigenvalue weighted by atomic mass is 79.9. The Kier molecular flexibility index (Phi) is 4.61. The highest BCUT2D eigenvalue weighted by molar-refractivity contribution is 9.10. The first-order valence-electron chi connectivity index (χ1n) is 7.18. The highest BCUT2D eigenvalue weighted by Crippen LogP contribution is 2.24. The van der Waals surface area contributed by atoms with Gasteiger partial charge in [0.05, 0.1) is 17.1 Å². The summed E-state index contributed by atoms with van der Waals surface area (Å²) in [7, 11) is 0. The molecule has 0 atom stereocenters. The Morgan fingerprint density at radius 1 is 1.08 bits per heavy atom. The maximum absolute atomic E-state index is 12.2. The van der Waals surface area contributed by atoms with E-state index in [1.807, 2.05) is 30.3 Å². The van der Waals surface area contributed by atoms with Crippen LogP contribution in [0, 0.1) is 13.8 Å². The van der Waals surface area contributed by atoms with Crippen LogP contribution in [-0.2, 0) is 0 Å². The van der Waals surface area contributed by atoms with Crippen molar-refractivity contribution >= 4 is 27.5 Å². The topological polar surface area (TPSA) is 77.3 Å². The first-order valence-corrected chi connectivity index (χ1v) is 7.97. The van der Waals surface area contributed by atoms with Crippen molar-refractivity contribution in [3.63, 3.8) is 0 Å². The maximum Gasteiger partial charge on any atom is 0.322 e. The van der Waals surface area contributed by atoms with Gasteiger partial charge in [0, 0.05) is 0 Å². The first-order chi connectivity index (χ1) is 11.5. The van der Waals surface area contributed by atoms with Gasteiger partial charge in [0.25, 0.3) is 5.91 Å². The van der Waals surface area contributed by atoms with Crippen LogP contribution < -0.4 is 10.1 Å². The lowest BCUT2D eigenvalue weighted by Crippen LogP contribution is -2.14. The number of nitrogens with one attached hydrogen (secondary N) is 1. The number of carbonyl (C=O) groups is 1. The standard InChI is InChI=1S/C17H14BrN3O3/c1-10-15(21-16(22)13-8-9-14(18)24-13)11(2)20-17(19-10)23-12-6-4-3-5-7-12/h3-9H,1-2H3,(H,21,22). The summed E-state index contributed by atoms with van der Waals surface area (Å²) >= 11 is 3.17. The van der Waals surface area contributed by atoms with Crippen LogP contribution in [0.15, 0.2) is 51.6 Å². The molecule has 1 N–H and O–H groups in total. The Morgan fingerprint density at radius 2 is 1.75 bits per heavy atom. The van der Waals surface area contributed by atoms with Gasteiger partial charge in [-0.25, -0.2) is 0 Å². The van der Waals surface area contributed by atoms with Crippen molar-refractivity contribution in [3.8, 4) is 11.8 Å². The molecule has 0 aliphatic rings. The Hall–Kier alpha value is -2.67. The van der Waals surface area contributed by atoms with Crippen LogP contribution in [0.1, 0.15) is 21.9 Å². The average molecular weight is 388 g/mol. The summed E-state index contributed by atoms with van der Waals surface area (Å²) in [6, 6.07) is 12.7. The van der Waals surface area contributed by atoms with Crippen LogP contribution in [0.2, 0.25) is 0 Å². The van der Waals surface area contributed by atoms with Gasteiger partial charge in [0.1, 0.15) is 5.75 Å². The van der Waals surface area contributed by atoms with E-state index >= 15 is 0 Å². The molecular formula is C17H14BrN3O3. The summed E-state index contributed by atoms with van der Waals surface area (Å²) in [6.07, 6.45) is 0. The number of nitrogens with zero attached hydrogens (tertiary/aromatic N) is 2. The Morgan fingerprint density at radius 3 is 2.33 bits per heavy atom. The van der Waals surface area contributed by atoms with Crippen molar-refractivity contribution < 1.29 is 13.9 Å². The number of amides is 1. The minimum atomic E-state index is -0.368. The van der Waals surface area contributed by atoms with Crippen molar-refractivity contribution in [1.82, 2.24) is 9.97 Å². The second kappa shape index (κ2) is 6.84. The number of carbonyl (C=O) groups excluding carboxylic acids is 1. The number of aryl methyl sites for hydroxylation is 2. The molecule has 1 amide bonds. The molecule has 0 aliphatic heterocycles. The average Bonchev–Trinajstić information content (AvgIpc) is 2.98. The summed E-state index contributed by atoms with van der Waals surface area (Å²) in [6.45, 7) is 3.56. The van der Waals surface area contributed by atoms with Gasteiger partial charge >= 0.3 is 6.01 Å². The smallest absolute Gasteiger partial charge is 0.322 e. The molecule has 0 unspecified atom stereocenters. The van der Waals surface area contributed by atoms with Crippen LogP contribution in [0.5, 0.6) is 11.8 Å². The normalized spacial score (nSPS) is 10.5. The number of benzene rings is 1. The van der Waals surface area contributed by atoms with Crippen molar-refractivity contribution in [2.75, 3.05) is 5.32 Å². The number of anilines is 1. The third kappa shape index (κ3) is 3.62. The van der Waals surface area contributed by atoms with Gasteiger partial charge in [0.2, 0.25) is 0 Å². The molecule has 24 heavy (non-hydrogen) atoms. The molecule has 0 radical (unpaired) electrons. The van der Waals surface area contributed by atoms with E-state index in [-0.39, 0.29) is 17.7 Å². The zero-order valence-electron chi connectivity index (χ0n) is 13.0. The molecule has 0 aliphatic carbocycles. The van der Waals surface area contributed by atoms with Crippen molar-refractivity contribution in [2.24, 2.45) is 0 Å². The largest absolute Gasteiger partial charge is 0.444 e. The van der Waals surface area contributed by atoms with Crippen LogP contribution >= 0.6 is 15.9 Å². The van der Waals surface area contributed by atoms with Gasteiger partial charge in [-0.1, -0.05) is 18.2 Å². The van der Waals surface area contributed by atoms with Crippen LogP contribution in [-0.4, -0.2) is 15.9 Å². The molecule has 0 spiro atoms. The number of aromatic nitrogens is 2. The molecule has 6 nitrogen and oxygen atoms in total. The lowest BCUT2D eigenvalue weighted by atomic mass is 10.2. The molecule has 0 bridgehead atoms. The van der Waals surface area contributed by atoms with Crippen LogP contribution in [0.25, 0.3) is 0 Å². The van der Waals surface area contributed by atoms with Crippen molar-refractivity contribution in [1.29, 1.82) is 0 Å². The second-order valence-corrected chi connectivity index (χ2v) is 5.81. The molecule has 2 aromatic heterocycles. The molecule has 122 valence electrons. The van der Waals surface area contributed by atoms with Gasteiger partial charge in [-0.2, -0.15) is 9.97 Å². The summed E-state index contributed by atoms with van der Waals surface area (Å²) in [5, 5.41) is 2.77. The third-order valence-corrected chi connectivity index (χ3v) is 3.66. The lowest BCUT2D eigenvalue weighted by Gasteiger charge is -2.11. The molecule has 7 heteroatoms. The Bertz CT molecular complexity index is 855. The molecule has 0 saturated heterocycles. The number of hydrogen-bond donors (Lipinski definition) is 1. The van der Waals surface area contributed by atoms with E-state index in [9.17, 15) is 4.79 Å². The number of halogens is 1. The molecule has 3 rings (SSSR count). The number of ether oxygens (including phenoxy) is 1. The van der Waals surface area contributed by atoms with E-state index in [0.717, 1.165) is 0 Å². The Balaban J connectivity index is 1.81. The zero-order valence-corrected chi connectivity index (χ0v) is 14.6. The fourth-order valence-electron chi connectivity index (χ4n) is 2.12. The van der Waals surface area contributed by atoms with Gasteiger partial charge in [-0.3, -0.25) is 4.79 Å². The third-order valence-electron chi connectivity index (χ3n) is 3.24. The zero-order chi connectivity index (χ0) is 17.1. The van der Waals surface area contributed by atoms with E-state index in [2.05, 4.69) is 31.2 Å². The van der Waals surface area contributed by atoms with E-state index in [4.69, 9.17) is 9.15 Å². The summed E-state index contributed by atoms with van der Waals surface area (Å²) in [5.41, 5.74) is 1.74. The molecule has 1 aromatic carbocycles. The minimum Gasteiger partial charge on any atom is -0.444 e. The fraction of sp³-hybridized carbons (Fsp3) is 0.118. The summed E-state index contributed by atoms with van der Waals surface area (Å²) < 4.78 is 11.4. The van der Waals surface area contributed by atoms with E-state index < -0.39 is 0 Å². The van der Waals surface area contributed by atoms with Gasteiger partial charge in [0.15, 0.2) is 10.4 Å². The molecular weight excluding hydrogens is 374 g/mol. The van der Waals surface area contributed by atoms with E-state index in [1.165, 1.54) is 0 Å².